The Morgan fingerprint density at radius 2 is 1.69 bits per heavy atom. The molecule has 3 N–H and O–H groups in total. The first-order valence-corrected chi connectivity index (χ1v) is 5.96. The molecular formula is C11H18N2O3. The number of amides is 2. The molecule has 2 atom stereocenters. The average molecular weight is 226 g/mol. The Morgan fingerprint density at radius 3 is 2.31 bits per heavy atom. The molecule has 2 rings (SSSR count). The summed E-state index contributed by atoms with van der Waals surface area (Å²) in [6, 6.07) is -0.0995. The first kappa shape index (κ1) is 11.2. The van der Waals surface area contributed by atoms with Gasteiger partial charge in [0.2, 0.25) is 0 Å². The molecule has 2 fully saturated rings. The lowest BCUT2D eigenvalue weighted by molar-refractivity contribution is -0.143. The van der Waals surface area contributed by atoms with Gasteiger partial charge in [0.15, 0.2) is 0 Å². The van der Waals surface area contributed by atoms with E-state index in [2.05, 4.69) is 10.6 Å². The summed E-state index contributed by atoms with van der Waals surface area (Å²) in [7, 11) is 0. The van der Waals surface area contributed by atoms with E-state index in [4.69, 9.17) is 5.11 Å². The van der Waals surface area contributed by atoms with Crippen LogP contribution in [0.1, 0.15) is 38.5 Å². The van der Waals surface area contributed by atoms with Crippen LogP contribution >= 0.6 is 0 Å². The summed E-state index contributed by atoms with van der Waals surface area (Å²) in [5, 5.41) is 14.7. The molecule has 0 spiro atoms. The van der Waals surface area contributed by atoms with Crippen molar-refractivity contribution in [2.75, 3.05) is 0 Å². The van der Waals surface area contributed by atoms with E-state index in [0.29, 0.717) is 12.5 Å². The lowest BCUT2D eigenvalue weighted by Crippen LogP contribution is -2.49. The Balaban J connectivity index is 1.84. The predicted octanol–water partition coefficient (Wildman–Crippen LogP) is 1.09. The van der Waals surface area contributed by atoms with Crippen molar-refractivity contribution in [1.82, 2.24) is 10.6 Å². The quantitative estimate of drug-likeness (QED) is 0.674. The number of carboxylic acids is 1. The number of hydrogen-bond acceptors (Lipinski definition) is 2. The highest BCUT2D eigenvalue weighted by atomic mass is 16.4. The van der Waals surface area contributed by atoms with Gasteiger partial charge in [-0.2, -0.15) is 0 Å². The molecular weight excluding hydrogens is 208 g/mol. The molecule has 0 aromatic heterocycles. The number of nitrogens with one attached hydrogen (secondary N) is 2. The van der Waals surface area contributed by atoms with Gasteiger partial charge in [0.25, 0.3) is 0 Å². The van der Waals surface area contributed by atoms with Gasteiger partial charge < -0.3 is 15.7 Å². The van der Waals surface area contributed by atoms with Gasteiger partial charge in [-0.25, -0.2) is 4.79 Å². The van der Waals surface area contributed by atoms with E-state index >= 15 is 0 Å². The molecule has 2 aliphatic rings. The van der Waals surface area contributed by atoms with Crippen molar-refractivity contribution >= 4 is 12.0 Å². The predicted molar refractivity (Wildman–Crippen MR) is 58.1 cm³/mol. The minimum absolute atomic E-state index is 0.204. The van der Waals surface area contributed by atoms with Gasteiger partial charge in [0.05, 0.1) is 5.92 Å². The highest BCUT2D eigenvalue weighted by Gasteiger charge is 2.32. The van der Waals surface area contributed by atoms with Crippen LogP contribution in [0.2, 0.25) is 0 Å². The van der Waals surface area contributed by atoms with E-state index < -0.39 is 11.9 Å². The second kappa shape index (κ2) is 4.72. The summed E-state index contributed by atoms with van der Waals surface area (Å²) < 4.78 is 0. The summed E-state index contributed by atoms with van der Waals surface area (Å²) in [6.07, 6.45) is 5.47. The zero-order valence-corrected chi connectivity index (χ0v) is 9.24. The Hall–Kier alpha value is -1.26. The molecule has 90 valence electrons. The van der Waals surface area contributed by atoms with Gasteiger partial charge in [-0.3, -0.25) is 4.79 Å². The van der Waals surface area contributed by atoms with E-state index in [1.807, 2.05) is 0 Å². The fourth-order valence-electron chi connectivity index (χ4n) is 2.22. The van der Waals surface area contributed by atoms with E-state index in [-0.39, 0.29) is 12.1 Å². The first-order valence-electron chi connectivity index (χ1n) is 5.96. The SMILES string of the molecule is O=C(NC1CC1)NC1CCCCC1C(=O)O. The molecule has 2 amide bonds. The molecule has 0 radical (unpaired) electrons. The van der Waals surface area contributed by atoms with Gasteiger partial charge >= 0.3 is 12.0 Å². The molecule has 16 heavy (non-hydrogen) atoms. The summed E-state index contributed by atoms with van der Waals surface area (Å²) in [6.45, 7) is 0. The summed E-state index contributed by atoms with van der Waals surface area (Å²) in [5.74, 6) is -1.21. The van der Waals surface area contributed by atoms with Gasteiger partial charge in [-0.05, 0) is 25.7 Å². The minimum atomic E-state index is -0.795. The van der Waals surface area contributed by atoms with E-state index in [9.17, 15) is 9.59 Å². The van der Waals surface area contributed by atoms with Gasteiger partial charge in [0, 0.05) is 12.1 Å². The lowest BCUT2D eigenvalue weighted by Gasteiger charge is -2.29. The zero-order valence-electron chi connectivity index (χ0n) is 9.24. The Labute approximate surface area is 94.6 Å². The number of carbonyl (C=O) groups is 2. The van der Waals surface area contributed by atoms with Crippen molar-refractivity contribution in [2.45, 2.75) is 50.6 Å². The van der Waals surface area contributed by atoms with Crippen LogP contribution in [0.15, 0.2) is 0 Å². The second-order valence-electron chi connectivity index (χ2n) is 4.73. The van der Waals surface area contributed by atoms with Crippen LogP contribution in [-0.2, 0) is 4.79 Å². The Bertz CT molecular complexity index is 289. The molecule has 0 saturated heterocycles. The Morgan fingerprint density at radius 1 is 1.00 bits per heavy atom. The van der Waals surface area contributed by atoms with E-state index in [0.717, 1.165) is 32.1 Å². The molecule has 0 aliphatic heterocycles. The minimum Gasteiger partial charge on any atom is -0.481 e. The molecule has 2 aliphatic carbocycles. The third-order valence-electron chi connectivity index (χ3n) is 3.31. The van der Waals surface area contributed by atoms with Gasteiger partial charge in [-0.15, -0.1) is 0 Å². The standard InChI is InChI=1S/C11H18N2O3/c14-10(15)8-3-1-2-4-9(8)13-11(16)12-7-5-6-7/h7-9H,1-6H2,(H,14,15)(H2,12,13,16). The fourth-order valence-corrected chi connectivity index (χ4v) is 2.22. The number of aliphatic carboxylic acids is 1. The van der Waals surface area contributed by atoms with Crippen molar-refractivity contribution in [3.05, 3.63) is 0 Å². The number of urea groups is 1. The highest BCUT2D eigenvalue weighted by molar-refractivity contribution is 5.77. The molecule has 2 saturated carbocycles. The van der Waals surface area contributed by atoms with Gasteiger partial charge in [-0.1, -0.05) is 12.8 Å². The van der Waals surface area contributed by atoms with Crippen molar-refractivity contribution in [3.8, 4) is 0 Å². The number of rotatable bonds is 3. The number of hydrogen-bond donors (Lipinski definition) is 3. The fraction of sp³-hybridized carbons (Fsp3) is 0.818. The smallest absolute Gasteiger partial charge is 0.315 e. The molecule has 5 heteroatoms. The van der Waals surface area contributed by atoms with Crippen LogP contribution in [0.3, 0.4) is 0 Å². The van der Waals surface area contributed by atoms with Crippen LogP contribution in [-0.4, -0.2) is 29.2 Å². The maximum atomic E-state index is 11.5. The molecule has 2 unspecified atom stereocenters. The van der Waals surface area contributed by atoms with Crippen molar-refractivity contribution in [2.24, 2.45) is 5.92 Å². The largest absolute Gasteiger partial charge is 0.481 e. The normalized spacial score (nSPS) is 29.5. The second-order valence-corrected chi connectivity index (χ2v) is 4.73. The van der Waals surface area contributed by atoms with Gasteiger partial charge in [0.1, 0.15) is 0 Å². The Kier molecular flexibility index (Phi) is 3.31. The maximum absolute atomic E-state index is 11.5. The van der Waals surface area contributed by atoms with Crippen molar-refractivity contribution in [3.63, 3.8) is 0 Å². The van der Waals surface area contributed by atoms with Crippen molar-refractivity contribution < 1.29 is 14.7 Å². The number of carbonyl (C=O) groups excluding carboxylic acids is 1. The van der Waals surface area contributed by atoms with Crippen LogP contribution in [0, 0.1) is 5.92 Å². The van der Waals surface area contributed by atoms with Crippen molar-refractivity contribution in [1.29, 1.82) is 0 Å². The highest BCUT2D eigenvalue weighted by Crippen LogP contribution is 2.25. The maximum Gasteiger partial charge on any atom is 0.315 e. The summed E-state index contributed by atoms with van der Waals surface area (Å²) in [5.41, 5.74) is 0. The van der Waals surface area contributed by atoms with Crippen LogP contribution in [0.4, 0.5) is 4.79 Å². The number of carboxylic acid groups (broad SMARTS) is 1. The summed E-state index contributed by atoms with van der Waals surface area (Å²) in [4.78, 5) is 22.5. The zero-order chi connectivity index (χ0) is 11.5. The first-order chi connectivity index (χ1) is 7.66. The van der Waals surface area contributed by atoms with Crippen LogP contribution in [0.25, 0.3) is 0 Å². The average Bonchev–Trinajstić information content (AvgIpc) is 3.02. The topological polar surface area (TPSA) is 78.4 Å². The summed E-state index contributed by atoms with van der Waals surface area (Å²) >= 11 is 0. The molecule has 0 aromatic carbocycles. The third kappa shape index (κ3) is 2.87. The lowest BCUT2D eigenvalue weighted by atomic mass is 9.84. The monoisotopic (exact) mass is 226 g/mol. The van der Waals surface area contributed by atoms with Crippen LogP contribution in [0.5, 0.6) is 0 Å². The molecule has 5 nitrogen and oxygen atoms in total. The molecule has 0 aromatic rings. The molecule has 0 heterocycles. The van der Waals surface area contributed by atoms with Crippen LogP contribution < -0.4 is 10.6 Å². The van der Waals surface area contributed by atoms with E-state index in [1.165, 1.54) is 0 Å². The van der Waals surface area contributed by atoms with E-state index in [1.54, 1.807) is 0 Å². The third-order valence-corrected chi connectivity index (χ3v) is 3.31. The molecule has 0 bridgehead atoms.